The van der Waals surface area contributed by atoms with Crippen LogP contribution < -0.4 is 10.6 Å². The third-order valence-corrected chi connectivity index (χ3v) is 6.28. The van der Waals surface area contributed by atoms with Crippen molar-refractivity contribution in [2.24, 2.45) is 0 Å². The Hall–Kier alpha value is -2.14. The van der Waals surface area contributed by atoms with Gasteiger partial charge in [-0.05, 0) is 85.1 Å². The number of esters is 2. The van der Waals surface area contributed by atoms with Crippen molar-refractivity contribution in [2.45, 2.75) is 136 Å². The highest BCUT2D eigenvalue weighted by molar-refractivity contribution is 7.99. The second kappa shape index (κ2) is 25.1. The molecule has 0 fully saturated rings. The zero-order chi connectivity index (χ0) is 34.2. The lowest BCUT2D eigenvalue weighted by Gasteiger charge is -2.24. The SMILES string of the molecule is CCCCCC.CSC.CSC(CC(=O)OC(C)(C)C)NC(=O)[C@H](CCC(=O)OC(C)(C)C)NC(=O)OCC1=CCCC=C1. The van der Waals surface area contributed by atoms with E-state index in [0.717, 1.165) is 18.4 Å². The van der Waals surface area contributed by atoms with Crippen LogP contribution in [0.15, 0.2) is 23.8 Å². The van der Waals surface area contributed by atoms with Crippen molar-refractivity contribution in [3.8, 4) is 0 Å². The lowest BCUT2D eigenvalue weighted by Crippen LogP contribution is -2.50. The van der Waals surface area contributed by atoms with Crippen LogP contribution in [0, 0.1) is 0 Å². The number of unbranched alkanes of at least 4 members (excludes halogenated alkanes) is 3. The predicted molar refractivity (Wildman–Crippen MR) is 185 cm³/mol. The second-order valence-electron chi connectivity index (χ2n) is 12.3. The molecule has 11 heteroatoms. The number of rotatable bonds is 14. The largest absolute Gasteiger partial charge is 0.460 e. The lowest BCUT2D eigenvalue weighted by molar-refractivity contribution is -0.156. The van der Waals surface area contributed by atoms with Crippen molar-refractivity contribution in [1.29, 1.82) is 0 Å². The Kier molecular flexibility index (Phi) is 25.1. The molecule has 0 radical (unpaired) electrons. The summed E-state index contributed by atoms with van der Waals surface area (Å²) in [7, 11) is 0. The Balaban J connectivity index is 0. The number of allylic oxidation sites excluding steroid dienone is 2. The molecular formula is C33H60N2O7S2. The number of carbonyl (C=O) groups is 4. The van der Waals surface area contributed by atoms with Gasteiger partial charge in [-0.15, -0.1) is 11.8 Å². The highest BCUT2D eigenvalue weighted by Gasteiger charge is 2.28. The van der Waals surface area contributed by atoms with Crippen LogP contribution in [0.2, 0.25) is 0 Å². The minimum atomic E-state index is -1.06. The molecule has 2 N–H and O–H groups in total. The van der Waals surface area contributed by atoms with Crippen LogP contribution >= 0.6 is 23.5 Å². The first-order chi connectivity index (χ1) is 20.5. The van der Waals surface area contributed by atoms with Crippen molar-refractivity contribution in [3.05, 3.63) is 23.8 Å². The maximum Gasteiger partial charge on any atom is 0.408 e. The summed E-state index contributed by atoms with van der Waals surface area (Å²) in [5.74, 6) is -1.48. The van der Waals surface area contributed by atoms with Crippen LogP contribution in [0.25, 0.3) is 0 Å². The molecule has 44 heavy (non-hydrogen) atoms. The minimum Gasteiger partial charge on any atom is -0.460 e. The zero-order valence-corrected chi connectivity index (χ0v) is 30.8. The first-order valence-electron chi connectivity index (χ1n) is 15.5. The Bertz CT molecular complexity index is 890. The maximum atomic E-state index is 13.0. The van der Waals surface area contributed by atoms with E-state index in [9.17, 15) is 19.2 Å². The summed E-state index contributed by atoms with van der Waals surface area (Å²) in [6.07, 6.45) is 18.2. The molecule has 256 valence electrons. The molecule has 1 unspecified atom stereocenters. The summed E-state index contributed by atoms with van der Waals surface area (Å²) in [5.41, 5.74) is -0.436. The number of nitrogens with one attached hydrogen (secondary N) is 2. The van der Waals surface area contributed by atoms with Gasteiger partial charge in [-0.1, -0.05) is 57.8 Å². The molecule has 1 rings (SSSR count). The second-order valence-corrected chi connectivity index (χ2v) is 14.2. The van der Waals surface area contributed by atoms with Gasteiger partial charge in [-0.25, -0.2) is 4.79 Å². The van der Waals surface area contributed by atoms with Crippen molar-refractivity contribution in [2.75, 3.05) is 25.4 Å². The quantitative estimate of drug-likeness (QED) is 0.0841. The number of amides is 2. The minimum absolute atomic E-state index is 0.00594. The molecule has 0 aromatic rings. The summed E-state index contributed by atoms with van der Waals surface area (Å²) in [6, 6.07) is -1.06. The van der Waals surface area contributed by atoms with E-state index in [2.05, 4.69) is 24.5 Å². The molecule has 0 aliphatic heterocycles. The molecule has 2 atom stereocenters. The molecule has 0 saturated heterocycles. The topological polar surface area (TPSA) is 120 Å². The van der Waals surface area contributed by atoms with Crippen molar-refractivity contribution in [1.82, 2.24) is 10.6 Å². The van der Waals surface area contributed by atoms with Gasteiger partial charge in [0, 0.05) is 6.42 Å². The van der Waals surface area contributed by atoms with Gasteiger partial charge in [0.2, 0.25) is 5.91 Å². The van der Waals surface area contributed by atoms with E-state index in [-0.39, 0.29) is 25.9 Å². The summed E-state index contributed by atoms with van der Waals surface area (Å²) in [6.45, 7) is 15.1. The molecule has 2 amide bonds. The van der Waals surface area contributed by atoms with Gasteiger partial charge in [-0.3, -0.25) is 14.4 Å². The summed E-state index contributed by atoms with van der Waals surface area (Å²) >= 11 is 3.02. The Morgan fingerprint density at radius 2 is 1.41 bits per heavy atom. The number of hydrogen-bond acceptors (Lipinski definition) is 9. The van der Waals surface area contributed by atoms with Gasteiger partial charge in [0.15, 0.2) is 0 Å². The molecule has 0 spiro atoms. The number of hydrogen-bond donors (Lipinski definition) is 2. The van der Waals surface area contributed by atoms with E-state index < -0.39 is 46.6 Å². The van der Waals surface area contributed by atoms with Gasteiger partial charge >= 0.3 is 18.0 Å². The van der Waals surface area contributed by atoms with Gasteiger partial charge < -0.3 is 24.8 Å². The Morgan fingerprint density at radius 1 is 0.864 bits per heavy atom. The van der Waals surface area contributed by atoms with Crippen molar-refractivity contribution >= 4 is 47.5 Å². The smallest absolute Gasteiger partial charge is 0.408 e. The van der Waals surface area contributed by atoms with Crippen LogP contribution in [0.4, 0.5) is 4.79 Å². The molecule has 1 aliphatic rings. The van der Waals surface area contributed by atoms with Crippen molar-refractivity contribution < 1.29 is 33.4 Å². The van der Waals surface area contributed by atoms with E-state index in [1.54, 1.807) is 59.6 Å². The van der Waals surface area contributed by atoms with Crippen molar-refractivity contribution in [3.63, 3.8) is 0 Å². The molecular weight excluding hydrogens is 601 g/mol. The fourth-order valence-electron chi connectivity index (χ4n) is 3.52. The molecule has 0 aromatic carbocycles. The van der Waals surface area contributed by atoms with Gasteiger partial charge in [0.25, 0.3) is 0 Å². The normalized spacial score (nSPS) is 13.8. The first kappa shape index (κ1) is 44.0. The fourth-order valence-corrected chi connectivity index (χ4v) is 4.05. The highest BCUT2D eigenvalue weighted by Crippen LogP contribution is 2.15. The van der Waals surface area contributed by atoms with Crippen LogP contribution in [-0.2, 0) is 28.6 Å². The summed E-state index contributed by atoms with van der Waals surface area (Å²) < 4.78 is 15.9. The standard InChI is InChI=1S/C25H40N2O7S.C6H14.C2H6S/c1-24(2,3)33-20(28)14-13-18(26-23(31)32-16-17-11-9-8-10-12-17)22(30)27-19(35-7)15-21(29)34-25(4,5)6;1-3-5-6-4-2;1-3-2/h9,11-12,18-19H,8,10,13-16H2,1-7H3,(H,26,31)(H,27,30);3-6H2,1-2H3;1-2H3/t18-,19?;;/m0../s1. The monoisotopic (exact) mass is 660 g/mol. The Morgan fingerprint density at radius 3 is 1.86 bits per heavy atom. The van der Waals surface area contributed by atoms with Crippen LogP contribution in [0.3, 0.4) is 0 Å². The molecule has 0 saturated carbocycles. The number of alkyl carbamates (subject to hydrolysis) is 1. The maximum absolute atomic E-state index is 13.0. The van der Waals surface area contributed by atoms with Gasteiger partial charge in [0.05, 0.1) is 11.8 Å². The molecule has 1 aliphatic carbocycles. The van der Waals surface area contributed by atoms with E-state index in [4.69, 9.17) is 14.2 Å². The van der Waals surface area contributed by atoms with Crippen LogP contribution in [0.1, 0.15) is 113 Å². The third-order valence-electron chi connectivity index (χ3n) is 5.42. The van der Waals surface area contributed by atoms with E-state index in [0.29, 0.717) is 0 Å². The number of carbonyl (C=O) groups excluding carboxylic acids is 4. The summed E-state index contributed by atoms with van der Waals surface area (Å²) in [4.78, 5) is 49.8. The summed E-state index contributed by atoms with van der Waals surface area (Å²) in [5, 5.41) is 4.71. The highest BCUT2D eigenvalue weighted by atomic mass is 32.2. The number of thioether (sulfide) groups is 2. The van der Waals surface area contributed by atoms with Crippen LogP contribution in [0.5, 0.6) is 0 Å². The molecule has 0 heterocycles. The Labute approximate surface area is 275 Å². The lowest BCUT2D eigenvalue weighted by atomic mass is 10.1. The first-order valence-corrected chi connectivity index (χ1v) is 18.4. The predicted octanol–water partition coefficient (Wildman–Crippen LogP) is 7.58. The molecule has 0 aromatic heterocycles. The average Bonchev–Trinajstić information content (AvgIpc) is 2.92. The van der Waals surface area contributed by atoms with Gasteiger partial charge in [0.1, 0.15) is 23.9 Å². The molecule has 9 nitrogen and oxygen atoms in total. The fraction of sp³-hybridized carbons (Fsp3) is 0.758. The third kappa shape index (κ3) is 27.4. The van der Waals surface area contributed by atoms with Crippen LogP contribution in [-0.4, -0.2) is 71.9 Å². The van der Waals surface area contributed by atoms with E-state index >= 15 is 0 Å². The van der Waals surface area contributed by atoms with E-state index in [1.165, 1.54) is 37.4 Å². The number of ether oxygens (including phenoxy) is 3. The zero-order valence-electron chi connectivity index (χ0n) is 29.1. The van der Waals surface area contributed by atoms with E-state index in [1.807, 2.05) is 30.7 Å². The molecule has 0 bridgehead atoms. The van der Waals surface area contributed by atoms with Gasteiger partial charge in [-0.2, -0.15) is 11.8 Å². The average molecular weight is 661 g/mol.